The number of rotatable bonds is 3. The average molecular weight is 173 g/mol. The predicted molar refractivity (Wildman–Crippen MR) is 44.8 cm³/mol. The second-order valence-corrected chi connectivity index (χ2v) is 2.74. The number of carbonyl (C=O) groups excluding carboxylic acids is 1. The van der Waals surface area contributed by atoms with E-state index in [0.717, 1.165) is 0 Å². The maximum Gasteiger partial charge on any atom is 0.317 e. The monoisotopic (exact) mass is 173 g/mol. The molecule has 1 aliphatic heterocycles. The molecule has 5 nitrogen and oxygen atoms in total. The molecule has 0 aromatic heterocycles. The quantitative estimate of drug-likeness (QED) is 0.574. The Bertz CT molecular complexity index is 157. The number of nitrogens with zero attached hydrogens (tertiary/aromatic N) is 1. The van der Waals surface area contributed by atoms with Crippen molar-refractivity contribution in [1.82, 2.24) is 10.2 Å². The van der Waals surface area contributed by atoms with Gasteiger partial charge >= 0.3 is 6.03 Å². The van der Waals surface area contributed by atoms with Gasteiger partial charge in [0.25, 0.3) is 0 Å². The zero-order valence-electron chi connectivity index (χ0n) is 7.25. The lowest BCUT2D eigenvalue weighted by molar-refractivity contribution is -0.0318. The van der Waals surface area contributed by atoms with Crippen molar-refractivity contribution < 1.29 is 9.53 Å². The fourth-order valence-electron chi connectivity index (χ4n) is 1.10. The number of carbonyl (C=O) groups is 1. The number of urea groups is 1. The number of nitrogens with one attached hydrogen (secondary N) is 1. The Kier molecular flexibility index (Phi) is 3.31. The summed E-state index contributed by atoms with van der Waals surface area (Å²) in [6.07, 6.45) is 0.186. The fourth-order valence-corrected chi connectivity index (χ4v) is 1.10. The zero-order valence-corrected chi connectivity index (χ0v) is 7.25. The molecule has 0 saturated carbocycles. The van der Waals surface area contributed by atoms with Gasteiger partial charge in [0.15, 0.2) is 0 Å². The molecule has 5 heteroatoms. The van der Waals surface area contributed by atoms with Crippen LogP contribution < -0.4 is 11.1 Å². The third-order valence-electron chi connectivity index (χ3n) is 1.82. The lowest BCUT2D eigenvalue weighted by atomic mass is 10.2. The highest BCUT2D eigenvalue weighted by Crippen LogP contribution is 2.10. The summed E-state index contributed by atoms with van der Waals surface area (Å²) in [5.74, 6) is 0. The summed E-state index contributed by atoms with van der Waals surface area (Å²) < 4.78 is 5.31. The van der Waals surface area contributed by atoms with Crippen molar-refractivity contribution in [2.75, 3.05) is 33.3 Å². The number of amides is 2. The van der Waals surface area contributed by atoms with Crippen LogP contribution in [0.1, 0.15) is 0 Å². The minimum atomic E-state index is -0.0393. The van der Waals surface area contributed by atoms with Crippen molar-refractivity contribution in [3.05, 3.63) is 0 Å². The van der Waals surface area contributed by atoms with Crippen LogP contribution in [0.2, 0.25) is 0 Å². The van der Waals surface area contributed by atoms with Gasteiger partial charge in [-0.25, -0.2) is 4.79 Å². The van der Waals surface area contributed by atoms with Gasteiger partial charge in [0.05, 0.1) is 25.8 Å². The van der Waals surface area contributed by atoms with Gasteiger partial charge in [0, 0.05) is 13.6 Å². The van der Waals surface area contributed by atoms with Crippen molar-refractivity contribution in [2.45, 2.75) is 6.10 Å². The lowest BCUT2D eigenvalue weighted by Gasteiger charge is -2.38. The topological polar surface area (TPSA) is 67.6 Å². The Labute approximate surface area is 71.8 Å². The van der Waals surface area contributed by atoms with Crippen molar-refractivity contribution in [2.24, 2.45) is 5.73 Å². The van der Waals surface area contributed by atoms with Crippen LogP contribution in [0.5, 0.6) is 0 Å². The number of likely N-dealkylation sites (tertiary alicyclic amines) is 1. The Morgan fingerprint density at radius 1 is 1.75 bits per heavy atom. The molecule has 0 bridgehead atoms. The van der Waals surface area contributed by atoms with Gasteiger partial charge in [0.2, 0.25) is 0 Å². The SMILES string of the molecule is CNC(=O)N1CC(OCCN)C1. The average Bonchev–Trinajstić information content (AvgIpc) is 2.01. The molecule has 1 heterocycles. The fraction of sp³-hybridized carbons (Fsp3) is 0.857. The smallest absolute Gasteiger partial charge is 0.317 e. The maximum atomic E-state index is 10.9. The first-order valence-electron chi connectivity index (χ1n) is 4.06. The molecule has 0 aromatic rings. The van der Waals surface area contributed by atoms with E-state index in [-0.39, 0.29) is 12.1 Å². The molecule has 2 amide bonds. The molecule has 1 aliphatic rings. The number of hydrogen-bond acceptors (Lipinski definition) is 3. The Hall–Kier alpha value is -0.810. The molecule has 1 fully saturated rings. The van der Waals surface area contributed by atoms with E-state index in [0.29, 0.717) is 26.2 Å². The third kappa shape index (κ3) is 2.09. The summed E-state index contributed by atoms with van der Waals surface area (Å²) in [7, 11) is 1.62. The van der Waals surface area contributed by atoms with Crippen LogP contribution in [0, 0.1) is 0 Å². The molecule has 70 valence electrons. The van der Waals surface area contributed by atoms with E-state index < -0.39 is 0 Å². The van der Waals surface area contributed by atoms with E-state index in [1.54, 1.807) is 11.9 Å². The lowest BCUT2D eigenvalue weighted by Crippen LogP contribution is -2.57. The van der Waals surface area contributed by atoms with Gasteiger partial charge in [-0.15, -0.1) is 0 Å². The van der Waals surface area contributed by atoms with E-state index in [9.17, 15) is 4.79 Å². The largest absolute Gasteiger partial charge is 0.373 e. The van der Waals surface area contributed by atoms with E-state index in [2.05, 4.69) is 5.32 Å². The molecule has 0 atom stereocenters. The Morgan fingerprint density at radius 3 is 2.92 bits per heavy atom. The van der Waals surface area contributed by atoms with Crippen molar-refractivity contribution in [3.8, 4) is 0 Å². The van der Waals surface area contributed by atoms with Gasteiger partial charge in [-0.05, 0) is 0 Å². The molecular formula is C7H15N3O2. The maximum absolute atomic E-state index is 10.9. The molecule has 12 heavy (non-hydrogen) atoms. The predicted octanol–water partition coefficient (Wildman–Crippen LogP) is -1.01. The van der Waals surface area contributed by atoms with Crippen LogP contribution in [0.15, 0.2) is 0 Å². The van der Waals surface area contributed by atoms with Crippen LogP contribution >= 0.6 is 0 Å². The van der Waals surface area contributed by atoms with Crippen molar-refractivity contribution >= 4 is 6.03 Å². The van der Waals surface area contributed by atoms with Gasteiger partial charge < -0.3 is 20.7 Å². The van der Waals surface area contributed by atoms with Crippen LogP contribution in [-0.2, 0) is 4.74 Å². The molecule has 0 aliphatic carbocycles. The molecule has 1 rings (SSSR count). The first-order valence-corrected chi connectivity index (χ1v) is 4.06. The summed E-state index contributed by atoms with van der Waals surface area (Å²) in [4.78, 5) is 12.6. The highest BCUT2D eigenvalue weighted by Gasteiger charge is 2.30. The van der Waals surface area contributed by atoms with E-state index in [4.69, 9.17) is 10.5 Å². The summed E-state index contributed by atoms with van der Waals surface area (Å²) in [6, 6.07) is -0.0393. The second kappa shape index (κ2) is 4.27. The first kappa shape index (κ1) is 9.28. The minimum absolute atomic E-state index is 0.0393. The molecular weight excluding hydrogens is 158 g/mol. The van der Waals surface area contributed by atoms with Gasteiger partial charge in [0.1, 0.15) is 0 Å². The normalized spacial score (nSPS) is 17.3. The van der Waals surface area contributed by atoms with E-state index in [1.165, 1.54) is 0 Å². The summed E-state index contributed by atoms with van der Waals surface area (Å²) in [5.41, 5.74) is 5.26. The zero-order chi connectivity index (χ0) is 8.97. The third-order valence-corrected chi connectivity index (χ3v) is 1.82. The number of nitrogens with two attached hydrogens (primary N) is 1. The molecule has 1 saturated heterocycles. The minimum Gasteiger partial charge on any atom is -0.373 e. The molecule has 3 N–H and O–H groups in total. The van der Waals surface area contributed by atoms with Crippen LogP contribution in [0.4, 0.5) is 4.79 Å². The number of ether oxygens (including phenoxy) is 1. The Balaban J connectivity index is 2.07. The van der Waals surface area contributed by atoms with Gasteiger partial charge in [-0.2, -0.15) is 0 Å². The number of hydrogen-bond donors (Lipinski definition) is 2. The van der Waals surface area contributed by atoms with Crippen LogP contribution in [-0.4, -0.2) is 50.3 Å². The second-order valence-electron chi connectivity index (χ2n) is 2.74. The van der Waals surface area contributed by atoms with Crippen molar-refractivity contribution in [3.63, 3.8) is 0 Å². The molecule has 0 spiro atoms. The van der Waals surface area contributed by atoms with Gasteiger partial charge in [-0.1, -0.05) is 0 Å². The van der Waals surface area contributed by atoms with Gasteiger partial charge in [-0.3, -0.25) is 0 Å². The Morgan fingerprint density at radius 2 is 2.42 bits per heavy atom. The highest BCUT2D eigenvalue weighted by molar-refractivity contribution is 5.74. The van der Waals surface area contributed by atoms with E-state index >= 15 is 0 Å². The van der Waals surface area contributed by atoms with Crippen molar-refractivity contribution in [1.29, 1.82) is 0 Å². The molecule has 0 radical (unpaired) electrons. The van der Waals surface area contributed by atoms with Crippen LogP contribution in [0.3, 0.4) is 0 Å². The molecule has 0 unspecified atom stereocenters. The van der Waals surface area contributed by atoms with E-state index in [1.807, 2.05) is 0 Å². The standard InChI is InChI=1S/C7H15N3O2/c1-9-7(11)10-4-6(5-10)12-3-2-8/h6H,2-5,8H2,1H3,(H,9,11). The summed E-state index contributed by atoms with van der Waals surface area (Å²) >= 11 is 0. The molecule has 0 aromatic carbocycles. The first-order chi connectivity index (χ1) is 5.77. The summed E-state index contributed by atoms with van der Waals surface area (Å²) in [6.45, 7) is 2.47. The van der Waals surface area contributed by atoms with Crippen LogP contribution in [0.25, 0.3) is 0 Å². The highest BCUT2D eigenvalue weighted by atomic mass is 16.5. The summed E-state index contributed by atoms with van der Waals surface area (Å²) in [5, 5.41) is 2.55.